The molecule has 0 heterocycles. The lowest BCUT2D eigenvalue weighted by Crippen LogP contribution is -2.32. The van der Waals surface area contributed by atoms with E-state index in [0.717, 1.165) is 13.0 Å². The molecule has 0 radical (unpaired) electrons. The van der Waals surface area contributed by atoms with Gasteiger partial charge in [-0.05, 0) is 25.2 Å². The lowest BCUT2D eigenvalue weighted by molar-refractivity contribution is 0.244. The lowest BCUT2D eigenvalue weighted by atomic mass is 10.1. The molecule has 0 bridgehead atoms. The highest BCUT2D eigenvalue weighted by Crippen LogP contribution is 2.25. The topological polar surface area (TPSA) is 41.1 Å². The highest BCUT2D eigenvalue weighted by Gasteiger charge is 2.10. The third-order valence-corrected chi connectivity index (χ3v) is 3.05. The Labute approximate surface area is 98.7 Å². The summed E-state index contributed by atoms with van der Waals surface area (Å²) in [6, 6.07) is -0.0784. The molecule has 16 heavy (non-hydrogen) atoms. The third kappa shape index (κ3) is 5.79. The van der Waals surface area contributed by atoms with Crippen molar-refractivity contribution in [1.29, 1.82) is 0 Å². The van der Waals surface area contributed by atoms with Crippen molar-refractivity contribution in [2.45, 2.75) is 51.9 Å². The Bertz CT molecular complexity index is 220. The van der Waals surface area contributed by atoms with Gasteiger partial charge in [0.25, 0.3) is 0 Å². The number of carbonyl (C=O) groups excluding carboxylic acids is 1. The molecule has 1 aliphatic rings. The summed E-state index contributed by atoms with van der Waals surface area (Å²) in [5.41, 5.74) is 0. The Morgan fingerprint density at radius 1 is 1.31 bits per heavy atom. The number of unbranched alkanes of at least 4 members (excludes halogenated alkanes) is 2. The zero-order valence-electron chi connectivity index (χ0n) is 10.3. The summed E-state index contributed by atoms with van der Waals surface area (Å²) in [5, 5.41) is 5.60. The molecule has 92 valence electrons. The first kappa shape index (κ1) is 13.1. The molecule has 0 spiro atoms. The van der Waals surface area contributed by atoms with Gasteiger partial charge in [-0.25, -0.2) is 4.79 Å². The Morgan fingerprint density at radius 2 is 2.06 bits per heavy atom. The van der Waals surface area contributed by atoms with Crippen molar-refractivity contribution in [1.82, 2.24) is 10.6 Å². The molecule has 1 saturated carbocycles. The second-order valence-electron chi connectivity index (χ2n) is 4.51. The molecule has 0 atom stereocenters. The van der Waals surface area contributed by atoms with Gasteiger partial charge in [0.15, 0.2) is 0 Å². The fraction of sp³-hybridized carbons (Fsp3) is 0.769. The van der Waals surface area contributed by atoms with E-state index < -0.39 is 0 Å². The maximum Gasteiger partial charge on any atom is 0.318 e. The van der Waals surface area contributed by atoms with Crippen molar-refractivity contribution in [3.05, 3.63) is 12.3 Å². The van der Waals surface area contributed by atoms with Crippen LogP contribution in [-0.2, 0) is 0 Å². The maximum atomic E-state index is 11.3. The molecular formula is C13H24N2O. The van der Waals surface area contributed by atoms with Crippen LogP contribution in [0, 0.1) is 5.92 Å². The first-order valence-corrected chi connectivity index (χ1v) is 6.54. The van der Waals surface area contributed by atoms with Crippen molar-refractivity contribution < 1.29 is 4.79 Å². The molecule has 1 aliphatic carbocycles. The fourth-order valence-corrected chi connectivity index (χ4v) is 2.04. The molecule has 0 aromatic heterocycles. The normalized spacial score (nSPS) is 16.8. The third-order valence-electron chi connectivity index (χ3n) is 3.05. The number of hydrogen-bond acceptors (Lipinski definition) is 1. The quantitative estimate of drug-likeness (QED) is 0.668. The molecule has 0 unspecified atom stereocenters. The smallest absolute Gasteiger partial charge is 0.318 e. The molecule has 0 aliphatic heterocycles. The van der Waals surface area contributed by atoms with E-state index in [9.17, 15) is 4.79 Å². The van der Waals surface area contributed by atoms with E-state index in [2.05, 4.69) is 23.6 Å². The lowest BCUT2D eigenvalue weighted by Gasteiger charge is -2.04. The molecule has 1 fully saturated rings. The SMILES string of the molecule is CCCCCNC(=O)N/C=C/C1CCCC1. The van der Waals surface area contributed by atoms with Crippen molar-refractivity contribution in [2.24, 2.45) is 5.92 Å². The van der Waals surface area contributed by atoms with Crippen LogP contribution in [-0.4, -0.2) is 12.6 Å². The fourth-order valence-electron chi connectivity index (χ4n) is 2.04. The summed E-state index contributed by atoms with van der Waals surface area (Å²) < 4.78 is 0. The van der Waals surface area contributed by atoms with Crippen LogP contribution in [0.1, 0.15) is 51.9 Å². The highest BCUT2D eigenvalue weighted by molar-refractivity contribution is 5.74. The van der Waals surface area contributed by atoms with Crippen LogP contribution < -0.4 is 10.6 Å². The van der Waals surface area contributed by atoms with Crippen LogP contribution in [0.5, 0.6) is 0 Å². The zero-order valence-corrected chi connectivity index (χ0v) is 10.3. The van der Waals surface area contributed by atoms with Crippen LogP contribution in [0.25, 0.3) is 0 Å². The van der Waals surface area contributed by atoms with E-state index >= 15 is 0 Å². The predicted molar refractivity (Wildman–Crippen MR) is 67.2 cm³/mol. The van der Waals surface area contributed by atoms with Crippen LogP contribution >= 0.6 is 0 Å². The summed E-state index contributed by atoms with van der Waals surface area (Å²) in [6.45, 7) is 2.93. The number of amides is 2. The minimum absolute atomic E-state index is 0.0784. The van der Waals surface area contributed by atoms with E-state index in [0.29, 0.717) is 5.92 Å². The summed E-state index contributed by atoms with van der Waals surface area (Å²) in [7, 11) is 0. The maximum absolute atomic E-state index is 11.3. The molecule has 2 amide bonds. The number of nitrogens with one attached hydrogen (secondary N) is 2. The molecule has 0 saturated heterocycles. The minimum atomic E-state index is -0.0784. The van der Waals surface area contributed by atoms with Gasteiger partial charge < -0.3 is 10.6 Å². The van der Waals surface area contributed by atoms with E-state index in [4.69, 9.17) is 0 Å². The van der Waals surface area contributed by atoms with Crippen LogP contribution in [0.15, 0.2) is 12.3 Å². The Hall–Kier alpha value is -0.990. The number of urea groups is 1. The highest BCUT2D eigenvalue weighted by atomic mass is 16.2. The van der Waals surface area contributed by atoms with Gasteiger partial charge in [0.2, 0.25) is 0 Å². The number of hydrogen-bond donors (Lipinski definition) is 2. The van der Waals surface area contributed by atoms with Gasteiger partial charge in [-0.2, -0.15) is 0 Å². The van der Waals surface area contributed by atoms with Gasteiger partial charge >= 0.3 is 6.03 Å². The van der Waals surface area contributed by atoms with Gasteiger partial charge in [-0.1, -0.05) is 38.7 Å². The van der Waals surface area contributed by atoms with Crippen molar-refractivity contribution in [3.63, 3.8) is 0 Å². The average Bonchev–Trinajstić information content (AvgIpc) is 2.77. The van der Waals surface area contributed by atoms with Gasteiger partial charge in [-0.3, -0.25) is 0 Å². The Kier molecular flexibility index (Phi) is 6.70. The zero-order chi connectivity index (χ0) is 11.6. The average molecular weight is 224 g/mol. The molecule has 1 rings (SSSR count). The predicted octanol–water partition coefficient (Wildman–Crippen LogP) is 3.18. The monoisotopic (exact) mass is 224 g/mol. The minimum Gasteiger partial charge on any atom is -0.338 e. The van der Waals surface area contributed by atoms with E-state index in [1.54, 1.807) is 6.20 Å². The molecule has 0 aromatic carbocycles. The second kappa shape index (κ2) is 8.20. The standard InChI is InChI=1S/C13H24N2O/c1-2-3-6-10-14-13(16)15-11-9-12-7-4-5-8-12/h9,11-12H,2-8,10H2,1H3,(H2,14,15,16)/b11-9+. The number of rotatable bonds is 6. The van der Waals surface area contributed by atoms with Gasteiger partial charge in [0.1, 0.15) is 0 Å². The molecule has 3 heteroatoms. The van der Waals surface area contributed by atoms with Crippen LogP contribution in [0.4, 0.5) is 4.79 Å². The summed E-state index contributed by atoms with van der Waals surface area (Å²) >= 11 is 0. The molecule has 0 aromatic rings. The number of allylic oxidation sites excluding steroid dienone is 1. The van der Waals surface area contributed by atoms with Crippen LogP contribution in [0.2, 0.25) is 0 Å². The summed E-state index contributed by atoms with van der Waals surface area (Å²) in [6.07, 6.45) is 12.6. The van der Waals surface area contributed by atoms with Gasteiger partial charge in [0.05, 0.1) is 0 Å². The first-order chi connectivity index (χ1) is 7.83. The van der Waals surface area contributed by atoms with Crippen molar-refractivity contribution in [3.8, 4) is 0 Å². The van der Waals surface area contributed by atoms with E-state index in [-0.39, 0.29) is 6.03 Å². The molecular weight excluding hydrogens is 200 g/mol. The molecule has 3 nitrogen and oxygen atoms in total. The Morgan fingerprint density at radius 3 is 2.75 bits per heavy atom. The van der Waals surface area contributed by atoms with E-state index in [1.807, 2.05) is 0 Å². The Balaban J connectivity index is 2.00. The first-order valence-electron chi connectivity index (χ1n) is 6.54. The van der Waals surface area contributed by atoms with E-state index in [1.165, 1.54) is 38.5 Å². The van der Waals surface area contributed by atoms with Crippen molar-refractivity contribution in [2.75, 3.05) is 6.54 Å². The van der Waals surface area contributed by atoms with Gasteiger partial charge in [0, 0.05) is 12.7 Å². The van der Waals surface area contributed by atoms with Gasteiger partial charge in [-0.15, -0.1) is 0 Å². The molecule has 2 N–H and O–H groups in total. The van der Waals surface area contributed by atoms with Crippen LogP contribution in [0.3, 0.4) is 0 Å². The largest absolute Gasteiger partial charge is 0.338 e. The summed E-state index contributed by atoms with van der Waals surface area (Å²) in [5.74, 6) is 0.681. The van der Waals surface area contributed by atoms with Crippen molar-refractivity contribution >= 4 is 6.03 Å². The summed E-state index contributed by atoms with van der Waals surface area (Å²) in [4.78, 5) is 11.3. The number of carbonyl (C=O) groups is 1. The second-order valence-corrected chi connectivity index (χ2v) is 4.51.